The minimum atomic E-state index is 0.180. The van der Waals surface area contributed by atoms with Crippen molar-refractivity contribution in [3.8, 4) is 11.8 Å². The first-order chi connectivity index (χ1) is 8.33. The minimum Gasteiger partial charge on any atom is -0.494 e. The molecule has 0 spiro atoms. The monoisotopic (exact) mass is 228 g/mol. The number of rotatable bonds is 4. The molecule has 0 saturated heterocycles. The van der Waals surface area contributed by atoms with Crippen molar-refractivity contribution < 1.29 is 4.74 Å². The van der Waals surface area contributed by atoms with Crippen LogP contribution in [-0.4, -0.2) is 21.4 Å². The maximum atomic E-state index is 8.64. The summed E-state index contributed by atoms with van der Waals surface area (Å²) in [7, 11) is 0. The second-order valence-electron chi connectivity index (χ2n) is 3.42. The molecule has 1 heterocycles. The molecule has 17 heavy (non-hydrogen) atoms. The molecule has 2 aromatic rings. The number of nitrogens with zero attached hydrogens (tertiary/aromatic N) is 4. The first-order valence-electron chi connectivity index (χ1n) is 5.33. The molecule has 1 aromatic heterocycles. The van der Waals surface area contributed by atoms with Crippen LogP contribution in [0.3, 0.4) is 0 Å². The summed E-state index contributed by atoms with van der Waals surface area (Å²) in [5, 5.41) is 12.7. The second kappa shape index (κ2) is 5.12. The molecule has 2 rings (SSSR count). The number of ether oxygens (including phenoxy) is 1. The van der Waals surface area contributed by atoms with Gasteiger partial charge in [0.05, 0.1) is 13.2 Å². The smallest absolute Gasteiger partial charge is 0.252 e. The quantitative estimate of drug-likeness (QED) is 0.797. The van der Waals surface area contributed by atoms with Gasteiger partial charge in [-0.15, -0.1) is 5.10 Å². The molecule has 1 aromatic carbocycles. The zero-order valence-corrected chi connectivity index (χ0v) is 9.50. The summed E-state index contributed by atoms with van der Waals surface area (Å²) in [4.78, 5) is 3.86. The lowest BCUT2D eigenvalue weighted by Gasteiger charge is -2.09. The lowest BCUT2D eigenvalue weighted by Crippen LogP contribution is -2.03. The van der Waals surface area contributed by atoms with E-state index in [-0.39, 0.29) is 5.82 Å². The minimum absolute atomic E-state index is 0.180. The Morgan fingerprint density at radius 3 is 2.94 bits per heavy atom. The number of benzene rings is 1. The van der Waals surface area contributed by atoms with Crippen molar-refractivity contribution >= 4 is 0 Å². The standard InChI is InChI=1S/C12H12N4O/c1-2-17-11-6-4-3-5-10(11)8-16-9-14-12(7-13)15-16/h3-6,9H,2,8H2,1H3. The highest BCUT2D eigenvalue weighted by Gasteiger charge is 2.05. The topological polar surface area (TPSA) is 63.7 Å². The predicted molar refractivity (Wildman–Crippen MR) is 61.5 cm³/mol. The third kappa shape index (κ3) is 2.61. The third-order valence-electron chi connectivity index (χ3n) is 2.24. The Morgan fingerprint density at radius 1 is 1.41 bits per heavy atom. The summed E-state index contributed by atoms with van der Waals surface area (Å²) >= 11 is 0. The molecule has 0 radical (unpaired) electrons. The van der Waals surface area contributed by atoms with Gasteiger partial charge in [0, 0.05) is 5.56 Å². The Kier molecular flexibility index (Phi) is 3.36. The molecule has 0 aliphatic rings. The molecule has 86 valence electrons. The van der Waals surface area contributed by atoms with Crippen molar-refractivity contribution in [3.05, 3.63) is 42.0 Å². The van der Waals surface area contributed by atoms with Crippen molar-refractivity contribution in [1.82, 2.24) is 14.8 Å². The van der Waals surface area contributed by atoms with Crippen LogP contribution in [0.15, 0.2) is 30.6 Å². The highest BCUT2D eigenvalue weighted by Crippen LogP contribution is 2.18. The fourth-order valence-corrected chi connectivity index (χ4v) is 1.53. The third-order valence-corrected chi connectivity index (χ3v) is 2.24. The van der Waals surface area contributed by atoms with E-state index in [1.54, 1.807) is 11.0 Å². The average Bonchev–Trinajstić information content (AvgIpc) is 2.80. The van der Waals surface area contributed by atoms with Gasteiger partial charge in [-0.25, -0.2) is 9.67 Å². The van der Waals surface area contributed by atoms with Gasteiger partial charge in [0.25, 0.3) is 5.82 Å². The Balaban J connectivity index is 2.20. The molecule has 0 unspecified atom stereocenters. The van der Waals surface area contributed by atoms with Gasteiger partial charge >= 0.3 is 0 Å². The van der Waals surface area contributed by atoms with Crippen LogP contribution in [-0.2, 0) is 6.54 Å². The summed E-state index contributed by atoms with van der Waals surface area (Å²) in [6.07, 6.45) is 1.54. The van der Waals surface area contributed by atoms with Crippen molar-refractivity contribution in [2.24, 2.45) is 0 Å². The predicted octanol–water partition coefficient (Wildman–Crippen LogP) is 1.60. The molecule has 0 atom stereocenters. The molecule has 5 nitrogen and oxygen atoms in total. The van der Waals surface area contributed by atoms with Gasteiger partial charge in [-0.1, -0.05) is 18.2 Å². The zero-order chi connectivity index (χ0) is 12.1. The second-order valence-corrected chi connectivity index (χ2v) is 3.42. The fraction of sp³-hybridized carbons (Fsp3) is 0.250. The lowest BCUT2D eigenvalue weighted by atomic mass is 10.2. The Labute approximate surface area is 99.3 Å². The largest absolute Gasteiger partial charge is 0.494 e. The Bertz CT molecular complexity index is 541. The molecule has 0 bridgehead atoms. The molecule has 0 aliphatic heterocycles. The van der Waals surface area contributed by atoms with Gasteiger partial charge in [0.15, 0.2) is 0 Å². The Morgan fingerprint density at radius 2 is 2.24 bits per heavy atom. The van der Waals surface area contributed by atoms with E-state index in [0.29, 0.717) is 13.2 Å². The molecule has 0 fully saturated rings. The van der Waals surface area contributed by atoms with Crippen LogP contribution in [0, 0.1) is 11.3 Å². The van der Waals surface area contributed by atoms with Crippen molar-refractivity contribution in [2.75, 3.05) is 6.61 Å². The number of hydrogen-bond acceptors (Lipinski definition) is 4. The zero-order valence-electron chi connectivity index (χ0n) is 9.50. The van der Waals surface area contributed by atoms with E-state index in [9.17, 15) is 0 Å². The highest BCUT2D eigenvalue weighted by molar-refractivity contribution is 5.33. The first-order valence-corrected chi connectivity index (χ1v) is 5.33. The summed E-state index contributed by atoms with van der Waals surface area (Å²) in [5.41, 5.74) is 1.02. The van der Waals surface area contributed by atoms with Crippen LogP contribution in [0.2, 0.25) is 0 Å². The van der Waals surface area contributed by atoms with Crippen LogP contribution in [0.4, 0.5) is 0 Å². The molecular weight excluding hydrogens is 216 g/mol. The average molecular weight is 228 g/mol. The van der Waals surface area contributed by atoms with E-state index in [1.807, 2.05) is 37.3 Å². The number of aromatic nitrogens is 3. The van der Waals surface area contributed by atoms with E-state index in [4.69, 9.17) is 10.00 Å². The summed E-state index contributed by atoms with van der Waals surface area (Å²) in [5.74, 6) is 1.02. The van der Waals surface area contributed by atoms with E-state index < -0.39 is 0 Å². The van der Waals surface area contributed by atoms with Gasteiger partial charge in [0.2, 0.25) is 0 Å². The van der Waals surface area contributed by atoms with Gasteiger partial charge in [-0.05, 0) is 13.0 Å². The fourth-order valence-electron chi connectivity index (χ4n) is 1.53. The van der Waals surface area contributed by atoms with Gasteiger partial charge in [-0.2, -0.15) is 5.26 Å². The lowest BCUT2D eigenvalue weighted by molar-refractivity contribution is 0.335. The van der Waals surface area contributed by atoms with Crippen LogP contribution in [0.1, 0.15) is 18.3 Å². The first kappa shape index (κ1) is 11.1. The summed E-state index contributed by atoms with van der Waals surface area (Å²) in [6, 6.07) is 9.66. The summed E-state index contributed by atoms with van der Waals surface area (Å²) < 4.78 is 7.14. The molecule has 0 N–H and O–H groups in total. The van der Waals surface area contributed by atoms with Crippen molar-refractivity contribution in [3.63, 3.8) is 0 Å². The molecule has 0 aliphatic carbocycles. The normalized spacial score (nSPS) is 9.88. The highest BCUT2D eigenvalue weighted by atomic mass is 16.5. The van der Waals surface area contributed by atoms with Gasteiger partial charge in [-0.3, -0.25) is 0 Å². The van der Waals surface area contributed by atoms with Crippen molar-refractivity contribution in [1.29, 1.82) is 5.26 Å². The molecule has 0 saturated carbocycles. The van der Waals surface area contributed by atoms with Crippen LogP contribution < -0.4 is 4.74 Å². The van der Waals surface area contributed by atoms with Crippen LogP contribution in [0.5, 0.6) is 5.75 Å². The van der Waals surface area contributed by atoms with E-state index in [2.05, 4.69) is 10.1 Å². The van der Waals surface area contributed by atoms with E-state index in [0.717, 1.165) is 11.3 Å². The van der Waals surface area contributed by atoms with E-state index >= 15 is 0 Å². The maximum absolute atomic E-state index is 8.64. The molecule has 5 heteroatoms. The van der Waals surface area contributed by atoms with Crippen LogP contribution in [0.25, 0.3) is 0 Å². The van der Waals surface area contributed by atoms with Gasteiger partial charge in [0.1, 0.15) is 18.1 Å². The van der Waals surface area contributed by atoms with E-state index in [1.165, 1.54) is 0 Å². The summed E-state index contributed by atoms with van der Waals surface area (Å²) in [6.45, 7) is 3.11. The van der Waals surface area contributed by atoms with Gasteiger partial charge < -0.3 is 4.74 Å². The number of hydrogen-bond donors (Lipinski definition) is 0. The SMILES string of the molecule is CCOc1ccccc1Cn1cnc(C#N)n1. The maximum Gasteiger partial charge on any atom is 0.252 e. The number of nitriles is 1. The van der Waals surface area contributed by atoms with Crippen LogP contribution >= 0.6 is 0 Å². The Hall–Kier alpha value is -2.35. The van der Waals surface area contributed by atoms with Crippen molar-refractivity contribution in [2.45, 2.75) is 13.5 Å². The number of para-hydroxylation sites is 1. The molecular formula is C12H12N4O. The molecule has 0 amide bonds.